The summed E-state index contributed by atoms with van der Waals surface area (Å²) in [5.41, 5.74) is -0.879. The molecular weight excluding hydrogens is 230 g/mol. The summed E-state index contributed by atoms with van der Waals surface area (Å²) >= 11 is 0. The van der Waals surface area contributed by atoms with Crippen LogP contribution >= 0.6 is 0 Å². The molecule has 4 heteroatoms. The van der Waals surface area contributed by atoms with Crippen molar-refractivity contribution in [2.24, 2.45) is 5.92 Å². The standard InChI is InChI=1S/C14H27NO3/c1-4-11-7-5-6-8-12(11)18-10-9-14(2,15-3)13(16)17/h11-12,15H,4-10H2,1-3H3,(H,16,17). The molecule has 3 atom stereocenters. The second-order valence-corrected chi connectivity index (χ2v) is 5.50. The van der Waals surface area contributed by atoms with Gasteiger partial charge in [-0.25, -0.2) is 0 Å². The van der Waals surface area contributed by atoms with Crippen molar-refractivity contribution in [1.29, 1.82) is 0 Å². The Balaban J connectivity index is 2.38. The summed E-state index contributed by atoms with van der Waals surface area (Å²) < 4.78 is 5.93. The van der Waals surface area contributed by atoms with Gasteiger partial charge in [-0.2, -0.15) is 0 Å². The van der Waals surface area contributed by atoms with Crippen LogP contribution in [0.3, 0.4) is 0 Å². The van der Waals surface area contributed by atoms with Gasteiger partial charge in [0.05, 0.1) is 6.10 Å². The number of aliphatic carboxylic acids is 1. The number of carboxylic acid groups (broad SMARTS) is 1. The van der Waals surface area contributed by atoms with Crippen molar-refractivity contribution in [2.45, 2.75) is 64.0 Å². The van der Waals surface area contributed by atoms with Crippen molar-refractivity contribution < 1.29 is 14.6 Å². The molecule has 1 aliphatic carbocycles. The molecule has 0 bridgehead atoms. The summed E-state index contributed by atoms with van der Waals surface area (Å²) in [5.74, 6) is -0.159. The zero-order valence-electron chi connectivity index (χ0n) is 11.9. The third-order valence-corrected chi connectivity index (χ3v) is 4.32. The van der Waals surface area contributed by atoms with E-state index in [0.29, 0.717) is 25.0 Å². The van der Waals surface area contributed by atoms with Crippen LogP contribution < -0.4 is 5.32 Å². The molecular formula is C14H27NO3. The Kier molecular flexibility index (Phi) is 6.09. The first kappa shape index (κ1) is 15.4. The lowest BCUT2D eigenvalue weighted by molar-refractivity contribution is -0.145. The highest BCUT2D eigenvalue weighted by molar-refractivity contribution is 5.78. The van der Waals surface area contributed by atoms with E-state index in [1.165, 1.54) is 19.3 Å². The molecule has 1 saturated carbocycles. The van der Waals surface area contributed by atoms with Crippen LogP contribution in [0.4, 0.5) is 0 Å². The highest BCUT2D eigenvalue weighted by Gasteiger charge is 2.32. The SMILES string of the molecule is CCC1CCCCC1OCCC(C)(NC)C(=O)O. The Morgan fingerprint density at radius 1 is 1.44 bits per heavy atom. The molecule has 1 fully saturated rings. The first-order valence-corrected chi connectivity index (χ1v) is 7.07. The van der Waals surface area contributed by atoms with Gasteiger partial charge in [-0.05, 0) is 39.2 Å². The minimum absolute atomic E-state index is 0.332. The lowest BCUT2D eigenvalue weighted by Gasteiger charge is -2.32. The minimum Gasteiger partial charge on any atom is -0.480 e. The van der Waals surface area contributed by atoms with Crippen LogP contribution in [0, 0.1) is 5.92 Å². The van der Waals surface area contributed by atoms with Gasteiger partial charge in [-0.3, -0.25) is 4.79 Å². The van der Waals surface area contributed by atoms with Crippen LogP contribution in [0.2, 0.25) is 0 Å². The maximum atomic E-state index is 11.1. The molecule has 18 heavy (non-hydrogen) atoms. The molecule has 4 nitrogen and oxygen atoms in total. The third kappa shape index (κ3) is 3.95. The zero-order valence-corrected chi connectivity index (χ0v) is 11.9. The summed E-state index contributed by atoms with van der Waals surface area (Å²) in [5, 5.41) is 12.0. The molecule has 106 valence electrons. The number of carbonyl (C=O) groups is 1. The van der Waals surface area contributed by atoms with Crippen LogP contribution in [-0.4, -0.2) is 36.4 Å². The molecule has 0 radical (unpaired) electrons. The molecule has 0 heterocycles. The van der Waals surface area contributed by atoms with Gasteiger partial charge >= 0.3 is 5.97 Å². The maximum absolute atomic E-state index is 11.1. The first-order valence-electron chi connectivity index (χ1n) is 7.07. The zero-order chi connectivity index (χ0) is 13.6. The Labute approximate surface area is 110 Å². The number of rotatable bonds is 7. The van der Waals surface area contributed by atoms with Gasteiger partial charge in [0.25, 0.3) is 0 Å². The topological polar surface area (TPSA) is 58.6 Å². The van der Waals surface area contributed by atoms with E-state index < -0.39 is 11.5 Å². The first-order chi connectivity index (χ1) is 8.53. The average molecular weight is 257 g/mol. The van der Waals surface area contributed by atoms with Gasteiger partial charge in [-0.1, -0.05) is 26.2 Å². The quantitative estimate of drug-likeness (QED) is 0.735. The smallest absolute Gasteiger partial charge is 0.323 e. The van der Waals surface area contributed by atoms with E-state index in [2.05, 4.69) is 12.2 Å². The van der Waals surface area contributed by atoms with Crippen molar-refractivity contribution in [1.82, 2.24) is 5.32 Å². The largest absolute Gasteiger partial charge is 0.480 e. The summed E-state index contributed by atoms with van der Waals surface area (Å²) in [6.07, 6.45) is 6.92. The van der Waals surface area contributed by atoms with Crippen LogP contribution in [0.5, 0.6) is 0 Å². The normalized spacial score (nSPS) is 27.7. The summed E-state index contributed by atoms with van der Waals surface area (Å²) in [4.78, 5) is 11.1. The molecule has 0 aromatic carbocycles. The van der Waals surface area contributed by atoms with Crippen molar-refractivity contribution in [2.75, 3.05) is 13.7 Å². The molecule has 1 rings (SSSR count). The lowest BCUT2D eigenvalue weighted by Crippen LogP contribution is -2.48. The molecule has 0 aliphatic heterocycles. The molecule has 0 saturated heterocycles. The molecule has 0 aromatic heterocycles. The second kappa shape index (κ2) is 7.10. The van der Waals surface area contributed by atoms with Gasteiger partial charge in [0.2, 0.25) is 0 Å². The molecule has 2 N–H and O–H groups in total. The Hall–Kier alpha value is -0.610. The number of carboxylic acids is 1. The second-order valence-electron chi connectivity index (χ2n) is 5.50. The fourth-order valence-corrected chi connectivity index (χ4v) is 2.61. The molecule has 0 aromatic rings. The highest BCUT2D eigenvalue weighted by atomic mass is 16.5. The average Bonchev–Trinajstić information content (AvgIpc) is 2.38. The number of ether oxygens (including phenoxy) is 1. The number of likely N-dealkylation sites (N-methyl/N-ethyl adjacent to an activating group) is 1. The molecule has 1 aliphatic rings. The molecule has 0 spiro atoms. The van der Waals surface area contributed by atoms with Gasteiger partial charge in [0, 0.05) is 6.61 Å². The van der Waals surface area contributed by atoms with Crippen LogP contribution in [0.25, 0.3) is 0 Å². The molecule has 3 unspecified atom stereocenters. The minimum atomic E-state index is -0.879. The third-order valence-electron chi connectivity index (χ3n) is 4.32. The van der Waals surface area contributed by atoms with Crippen LogP contribution in [0.15, 0.2) is 0 Å². The summed E-state index contributed by atoms with van der Waals surface area (Å²) in [7, 11) is 1.68. The summed E-state index contributed by atoms with van der Waals surface area (Å²) in [6, 6.07) is 0. The van der Waals surface area contributed by atoms with Crippen molar-refractivity contribution in [3.63, 3.8) is 0 Å². The van der Waals surface area contributed by atoms with E-state index in [1.807, 2.05) is 0 Å². The van der Waals surface area contributed by atoms with Gasteiger partial charge in [-0.15, -0.1) is 0 Å². The summed E-state index contributed by atoms with van der Waals surface area (Å²) in [6.45, 7) is 4.43. The van der Waals surface area contributed by atoms with E-state index in [-0.39, 0.29) is 0 Å². The van der Waals surface area contributed by atoms with Crippen molar-refractivity contribution >= 4 is 5.97 Å². The Morgan fingerprint density at radius 3 is 2.67 bits per heavy atom. The van der Waals surface area contributed by atoms with Crippen LogP contribution in [-0.2, 0) is 9.53 Å². The Bertz CT molecular complexity index is 270. The van der Waals surface area contributed by atoms with Crippen molar-refractivity contribution in [3.8, 4) is 0 Å². The number of nitrogens with one attached hydrogen (secondary N) is 1. The van der Waals surface area contributed by atoms with Crippen LogP contribution in [0.1, 0.15) is 52.4 Å². The predicted molar refractivity (Wildman–Crippen MR) is 71.7 cm³/mol. The van der Waals surface area contributed by atoms with E-state index in [0.717, 1.165) is 12.8 Å². The van der Waals surface area contributed by atoms with Gasteiger partial charge in [0.1, 0.15) is 5.54 Å². The van der Waals surface area contributed by atoms with Gasteiger partial charge < -0.3 is 15.2 Å². The lowest BCUT2D eigenvalue weighted by atomic mass is 9.84. The van der Waals surface area contributed by atoms with Crippen molar-refractivity contribution in [3.05, 3.63) is 0 Å². The molecule has 0 amide bonds. The van der Waals surface area contributed by atoms with Gasteiger partial charge in [0.15, 0.2) is 0 Å². The van der Waals surface area contributed by atoms with E-state index in [4.69, 9.17) is 9.84 Å². The highest BCUT2D eigenvalue weighted by Crippen LogP contribution is 2.29. The fraction of sp³-hybridized carbons (Fsp3) is 0.929. The van der Waals surface area contributed by atoms with E-state index >= 15 is 0 Å². The fourth-order valence-electron chi connectivity index (χ4n) is 2.61. The van der Waals surface area contributed by atoms with E-state index in [9.17, 15) is 4.79 Å². The Morgan fingerprint density at radius 2 is 2.11 bits per heavy atom. The number of hydrogen-bond acceptors (Lipinski definition) is 3. The maximum Gasteiger partial charge on any atom is 0.323 e. The monoisotopic (exact) mass is 257 g/mol. The predicted octanol–water partition coefficient (Wildman–Crippen LogP) is 2.42. The van der Waals surface area contributed by atoms with E-state index in [1.54, 1.807) is 14.0 Å². The number of hydrogen-bond donors (Lipinski definition) is 2.